The fourth-order valence-corrected chi connectivity index (χ4v) is 7.52. The summed E-state index contributed by atoms with van der Waals surface area (Å²) in [6.07, 6.45) is 5.28. The quantitative estimate of drug-likeness (QED) is 0.429. The summed E-state index contributed by atoms with van der Waals surface area (Å²) in [6.45, 7) is 3.77. The summed E-state index contributed by atoms with van der Waals surface area (Å²) in [4.78, 5) is 15.1. The minimum atomic E-state index is -3.35. The fourth-order valence-electron chi connectivity index (χ4n) is 5.96. The van der Waals surface area contributed by atoms with E-state index in [0.717, 1.165) is 18.7 Å². The van der Waals surface area contributed by atoms with Gasteiger partial charge in [0.1, 0.15) is 12.0 Å². The van der Waals surface area contributed by atoms with Crippen molar-refractivity contribution < 1.29 is 17.6 Å². The molecule has 3 heterocycles. The summed E-state index contributed by atoms with van der Waals surface area (Å²) in [5.41, 5.74) is 3.76. The predicted molar refractivity (Wildman–Crippen MR) is 145 cm³/mol. The Labute approximate surface area is 224 Å². The molecule has 1 aromatic heterocycles. The van der Waals surface area contributed by atoms with Crippen LogP contribution in [-0.2, 0) is 34.3 Å². The third-order valence-corrected chi connectivity index (χ3v) is 10.1. The number of piperidine rings is 1. The molecule has 6 rings (SSSR count). The zero-order valence-electron chi connectivity index (χ0n) is 21.6. The largest absolute Gasteiger partial charge is 0.486 e. The van der Waals surface area contributed by atoms with Crippen LogP contribution in [0, 0.1) is 5.92 Å². The van der Waals surface area contributed by atoms with Gasteiger partial charge in [0.05, 0.1) is 18.9 Å². The second kappa shape index (κ2) is 10.3. The lowest BCUT2D eigenvalue weighted by Gasteiger charge is -2.34. The monoisotopic (exact) mass is 534 g/mol. The van der Waals surface area contributed by atoms with Gasteiger partial charge in [-0.25, -0.2) is 12.7 Å². The second-order valence-corrected chi connectivity index (χ2v) is 13.0. The van der Waals surface area contributed by atoms with Gasteiger partial charge in [-0.15, -0.1) is 0 Å². The van der Waals surface area contributed by atoms with Crippen molar-refractivity contribution in [3.05, 3.63) is 99.6 Å². The summed E-state index contributed by atoms with van der Waals surface area (Å²) in [6, 6.07) is 19.5. The van der Waals surface area contributed by atoms with E-state index < -0.39 is 10.0 Å². The van der Waals surface area contributed by atoms with Crippen LogP contribution in [-0.4, -0.2) is 43.9 Å². The number of nitrogens with zero attached hydrogens (tertiary/aromatic N) is 2. The van der Waals surface area contributed by atoms with Crippen molar-refractivity contribution in [3.8, 4) is 5.75 Å². The molecule has 1 saturated heterocycles. The number of hydrogen-bond donors (Lipinski definition) is 0. The van der Waals surface area contributed by atoms with Crippen LogP contribution in [0.2, 0.25) is 0 Å². The van der Waals surface area contributed by atoms with E-state index in [2.05, 4.69) is 29.2 Å². The molecule has 1 saturated carbocycles. The van der Waals surface area contributed by atoms with Crippen molar-refractivity contribution in [2.24, 2.45) is 5.92 Å². The molecular weight excluding hydrogens is 500 g/mol. The zero-order valence-corrected chi connectivity index (χ0v) is 22.4. The van der Waals surface area contributed by atoms with Crippen molar-refractivity contribution >= 4 is 10.0 Å². The molecule has 3 aliphatic rings. The average molecular weight is 535 g/mol. The van der Waals surface area contributed by atoms with Crippen molar-refractivity contribution in [3.63, 3.8) is 0 Å². The normalized spacial score (nSPS) is 19.8. The van der Waals surface area contributed by atoms with Gasteiger partial charge in [-0.3, -0.25) is 9.69 Å². The van der Waals surface area contributed by atoms with Crippen LogP contribution in [0.1, 0.15) is 48.1 Å². The number of rotatable bonds is 8. The summed E-state index contributed by atoms with van der Waals surface area (Å²) in [5, 5.41) is 0. The third kappa shape index (κ3) is 5.44. The molecule has 0 atom stereocenters. The van der Waals surface area contributed by atoms with Gasteiger partial charge in [0.2, 0.25) is 21.2 Å². The molecule has 0 unspecified atom stereocenters. The Balaban J connectivity index is 1.00. The Morgan fingerprint density at radius 2 is 1.74 bits per heavy atom. The van der Waals surface area contributed by atoms with Crippen LogP contribution >= 0.6 is 0 Å². The lowest BCUT2D eigenvalue weighted by Crippen LogP contribution is -2.40. The van der Waals surface area contributed by atoms with E-state index >= 15 is 0 Å². The minimum absolute atomic E-state index is 0.0212. The first-order valence-corrected chi connectivity index (χ1v) is 15.1. The molecule has 7 nitrogen and oxygen atoms in total. The van der Waals surface area contributed by atoms with Gasteiger partial charge in [0.15, 0.2) is 0 Å². The minimum Gasteiger partial charge on any atom is -0.486 e. The highest BCUT2D eigenvalue weighted by atomic mass is 32.2. The van der Waals surface area contributed by atoms with Crippen LogP contribution < -0.4 is 10.2 Å². The maximum atomic E-state index is 12.8. The van der Waals surface area contributed by atoms with E-state index in [1.54, 1.807) is 10.4 Å². The van der Waals surface area contributed by atoms with Crippen LogP contribution in [0.25, 0.3) is 0 Å². The number of fused-ring (bicyclic) bond motifs is 2. The van der Waals surface area contributed by atoms with E-state index in [1.807, 2.05) is 30.3 Å². The molecule has 200 valence electrons. The molecule has 1 aliphatic carbocycles. The van der Waals surface area contributed by atoms with Crippen molar-refractivity contribution in [2.75, 3.05) is 26.2 Å². The van der Waals surface area contributed by atoms with Crippen LogP contribution in [0.15, 0.2) is 76.1 Å². The summed E-state index contributed by atoms with van der Waals surface area (Å²) in [7, 11) is -3.35. The van der Waals surface area contributed by atoms with Crippen LogP contribution in [0.5, 0.6) is 5.75 Å². The highest BCUT2D eigenvalue weighted by Gasteiger charge is 2.48. The van der Waals surface area contributed by atoms with Crippen molar-refractivity contribution in [1.29, 1.82) is 0 Å². The van der Waals surface area contributed by atoms with Gasteiger partial charge in [-0.1, -0.05) is 54.6 Å². The first kappa shape index (κ1) is 25.3. The summed E-state index contributed by atoms with van der Waals surface area (Å²) >= 11 is 0. The standard InChI is InChI=1S/C30H34N2O5S/c33-28-16-26(18-31-17-25-8-4-5-9-27(25)30(22-31)12-13-30)36-20-29(28)37-19-23-10-14-32(15-11-23)38(34,35)21-24-6-2-1-3-7-24/h1-9,16,20,23H,10-15,17-19,21-22H2. The maximum absolute atomic E-state index is 12.8. The van der Waals surface area contributed by atoms with E-state index in [-0.39, 0.29) is 28.3 Å². The molecule has 3 aromatic rings. The number of benzene rings is 2. The molecular formula is C30H34N2O5S. The first-order valence-electron chi connectivity index (χ1n) is 13.5. The van der Waals surface area contributed by atoms with Gasteiger partial charge in [-0.05, 0) is 48.3 Å². The van der Waals surface area contributed by atoms with Crippen LogP contribution in [0.3, 0.4) is 0 Å². The smallest absolute Gasteiger partial charge is 0.227 e. The molecule has 2 aromatic carbocycles. The van der Waals surface area contributed by atoms with Crippen molar-refractivity contribution in [2.45, 2.75) is 49.9 Å². The van der Waals surface area contributed by atoms with Gasteiger partial charge >= 0.3 is 0 Å². The Morgan fingerprint density at radius 3 is 2.47 bits per heavy atom. The Hall–Kier alpha value is -2.94. The summed E-state index contributed by atoms with van der Waals surface area (Å²) < 4.78 is 38.8. The molecule has 0 amide bonds. The molecule has 0 bridgehead atoms. The van der Waals surface area contributed by atoms with E-state index in [1.165, 1.54) is 30.2 Å². The molecule has 2 fully saturated rings. The molecule has 38 heavy (non-hydrogen) atoms. The zero-order chi connectivity index (χ0) is 26.2. The van der Waals surface area contributed by atoms with E-state index in [4.69, 9.17) is 9.15 Å². The first-order chi connectivity index (χ1) is 18.4. The number of hydrogen-bond acceptors (Lipinski definition) is 6. The summed E-state index contributed by atoms with van der Waals surface area (Å²) in [5.74, 6) is 1.08. The lowest BCUT2D eigenvalue weighted by molar-refractivity contribution is 0.177. The topological polar surface area (TPSA) is 80.1 Å². The van der Waals surface area contributed by atoms with E-state index in [9.17, 15) is 13.2 Å². The van der Waals surface area contributed by atoms with Gasteiger partial charge in [0, 0.05) is 37.7 Å². The molecule has 1 spiro atoms. The number of ether oxygens (including phenoxy) is 1. The molecule has 0 N–H and O–H groups in total. The Bertz CT molecular complexity index is 1440. The Kier molecular flexibility index (Phi) is 6.88. The van der Waals surface area contributed by atoms with Crippen LogP contribution in [0.4, 0.5) is 0 Å². The lowest BCUT2D eigenvalue weighted by atomic mass is 9.87. The second-order valence-electron chi connectivity index (χ2n) is 11.1. The number of sulfonamides is 1. The third-order valence-electron chi connectivity index (χ3n) is 8.23. The van der Waals surface area contributed by atoms with Gasteiger partial charge in [0.25, 0.3) is 0 Å². The SMILES string of the molecule is O=c1cc(CN2Cc3ccccc3C3(CC3)C2)occ1OCC1CCN(S(=O)(=O)Cc2ccccc2)CC1. The highest BCUT2D eigenvalue weighted by Crippen LogP contribution is 2.52. The molecule has 0 radical (unpaired) electrons. The van der Waals surface area contributed by atoms with Gasteiger partial charge < -0.3 is 9.15 Å². The fraction of sp³-hybridized carbons (Fsp3) is 0.433. The molecule has 2 aliphatic heterocycles. The van der Waals surface area contributed by atoms with Gasteiger partial charge in [-0.2, -0.15) is 0 Å². The molecule has 8 heteroatoms. The Morgan fingerprint density at radius 1 is 1.00 bits per heavy atom. The van der Waals surface area contributed by atoms with E-state index in [0.29, 0.717) is 44.8 Å². The highest BCUT2D eigenvalue weighted by molar-refractivity contribution is 7.88. The predicted octanol–water partition coefficient (Wildman–Crippen LogP) is 4.31. The van der Waals surface area contributed by atoms with Crippen molar-refractivity contribution in [1.82, 2.24) is 9.21 Å². The average Bonchev–Trinajstić information content (AvgIpc) is 3.68. The maximum Gasteiger partial charge on any atom is 0.227 e.